The van der Waals surface area contributed by atoms with E-state index in [2.05, 4.69) is 4.98 Å². The maximum Gasteiger partial charge on any atom is 0.229 e. The third kappa shape index (κ3) is 1.27. The van der Waals surface area contributed by atoms with Crippen LogP contribution in [0.1, 0.15) is 5.82 Å². The van der Waals surface area contributed by atoms with Crippen LogP contribution in [0.25, 0.3) is 0 Å². The molecule has 0 unspecified atom stereocenters. The molecule has 0 radical (unpaired) electrons. The van der Waals surface area contributed by atoms with Gasteiger partial charge in [0.2, 0.25) is 5.88 Å². The standard InChI is InChI=1S/C6H10N2O2/c1-8-4-6(10)7-5(8)2-3-9/h4,9-10H,2-3H2,1H3. The number of hydrogen-bond acceptors (Lipinski definition) is 3. The van der Waals surface area contributed by atoms with E-state index in [0.29, 0.717) is 12.2 Å². The molecule has 0 aromatic carbocycles. The number of aliphatic hydroxyl groups excluding tert-OH is 1. The molecule has 0 fully saturated rings. The van der Waals surface area contributed by atoms with Crippen molar-refractivity contribution in [2.45, 2.75) is 6.42 Å². The van der Waals surface area contributed by atoms with Gasteiger partial charge in [0.25, 0.3) is 0 Å². The first-order chi connectivity index (χ1) is 4.74. The van der Waals surface area contributed by atoms with Gasteiger partial charge in [-0.05, 0) is 0 Å². The van der Waals surface area contributed by atoms with Crippen molar-refractivity contribution >= 4 is 0 Å². The quantitative estimate of drug-likeness (QED) is 0.594. The van der Waals surface area contributed by atoms with E-state index in [9.17, 15) is 0 Å². The maximum atomic E-state index is 8.85. The van der Waals surface area contributed by atoms with Gasteiger partial charge in [0, 0.05) is 13.5 Å². The minimum absolute atomic E-state index is 0.00551. The molecule has 0 spiro atoms. The molecule has 4 heteroatoms. The number of rotatable bonds is 2. The van der Waals surface area contributed by atoms with Crippen LogP contribution in [0.5, 0.6) is 5.88 Å². The van der Waals surface area contributed by atoms with Gasteiger partial charge in [-0.3, -0.25) is 0 Å². The summed E-state index contributed by atoms with van der Waals surface area (Å²) >= 11 is 0. The molecule has 56 valence electrons. The summed E-state index contributed by atoms with van der Waals surface area (Å²) in [5.41, 5.74) is 0. The van der Waals surface area contributed by atoms with E-state index in [1.807, 2.05) is 0 Å². The molecule has 0 saturated heterocycles. The van der Waals surface area contributed by atoms with Crippen molar-refractivity contribution in [2.24, 2.45) is 7.05 Å². The van der Waals surface area contributed by atoms with Gasteiger partial charge in [0.05, 0.1) is 12.8 Å². The molecule has 1 heterocycles. The molecule has 0 aliphatic heterocycles. The lowest BCUT2D eigenvalue weighted by molar-refractivity contribution is 0.295. The predicted molar refractivity (Wildman–Crippen MR) is 35.7 cm³/mol. The molecular weight excluding hydrogens is 132 g/mol. The van der Waals surface area contributed by atoms with Crippen molar-refractivity contribution < 1.29 is 10.2 Å². The highest BCUT2D eigenvalue weighted by Crippen LogP contribution is 2.06. The smallest absolute Gasteiger partial charge is 0.229 e. The van der Waals surface area contributed by atoms with Gasteiger partial charge < -0.3 is 14.8 Å². The lowest BCUT2D eigenvalue weighted by Crippen LogP contribution is -1.99. The van der Waals surface area contributed by atoms with Crippen LogP contribution in [0.15, 0.2) is 6.20 Å². The van der Waals surface area contributed by atoms with Gasteiger partial charge >= 0.3 is 0 Å². The monoisotopic (exact) mass is 142 g/mol. The molecule has 0 atom stereocenters. The highest BCUT2D eigenvalue weighted by molar-refractivity contribution is 5.07. The first-order valence-corrected chi connectivity index (χ1v) is 3.06. The number of aromatic hydroxyl groups is 1. The lowest BCUT2D eigenvalue weighted by atomic mass is 10.4. The van der Waals surface area contributed by atoms with Gasteiger partial charge in [0.1, 0.15) is 5.82 Å². The molecular formula is C6H10N2O2. The van der Waals surface area contributed by atoms with Crippen molar-refractivity contribution in [1.29, 1.82) is 0 Å². The fourth-order valence-corrected chi connectivity index (χ4v) is 0.820. The van der Waals surface area contributed by atoms with E-state index in [0.717, 1.165) is 0 Å². The van der Waals surface area contributed by atoms with Crippen molar-refractivity contribution in [3.63, 3.8) is 0 Å². The Hall–Kier alpha value is -1.03. The molecule has 0 aliphatic carbocycles. The molecule has 0 aliphatic rings. The third-order valence-corrected chi connectivity index (χ3v) is 1.30. The van der Waals surface area contributed by atoms with Gasteiger partial charge in [-0.15, -0.1) is 0 Å². The van der Waals surface area contributed by atoms with Crippen molar-refractivity contribution in [3.05, 3.63) is 12.0 Å². The van der Waals surface area contributed by atoms with Crippen LogP contribution in [0.2, 0.25) is 0 Å². The fraction of sp³-hybridized carbons (Fsp3) is 0.500. The van der Waals surface area contributed by atoms with E-state index >= 15 is 0 Å². The molecule has 1 aromatic heterocycles. The van der Waals surface area contributed by atoms with Crippen molar-refractivity contribution in [2.75, 3.05) is 6.61 Å². The molecule has 1 aromatic rings. The summed E-state index contributed by atoms with van der Waals surface area (Å²) < 4.78 is 1.69. The summed E-state index contributed by atoms with van der Waals surface area (Å²) in [5, 5.41) is 17.4. The van der Waals surface area contributed by atoms with Gasteiger partial charge in [-0.2, -0.15) is 4.98 Å². The second-order valence-corrected chi connectivity index (χ2v) is 2.10. The topological polar surface area (TPSA) is 58.3 Å². The summed E-state index contributed by atoms with van der Waals surface area (Å²) in [5.74, 6) is 0.700. The third-order valence-electron chi connectivity index (χ3n) is 1.30. The number of imidazole rings is 1. The Morgan fingerprint density at radius 1 is 1.70 bits per heavy atom. The molecule has 0 bridgehead atoms. The Kier molecular flexibility index (Phi) is 1.91. The summed E-state index contributed by atoms with van der Waals surface area (Å²) in [4.78, 5) is 3.76. The SMILES string of the molecule is Cn1cc(O)nc1CCO. The largest absolute Gasteiger partial charge is 0.492 e. The zero-order chi connectivity index (χ0) is 7.56. The van der Waals surface area contributed by atoms with Crippen LogP contribution in [0.3, 0.4) is 0 Å². The summed E-state index contributed by atoms with van der Waals surface area (Å²) in [6.07, 6.45) is 1.99. The second kappa shape index (κ2) is 2.70. The van der Waals surface area contributed by atoms with Crippen LogP contribution >= 0.6 is 0 Å². The summed E-state index contributed by atoms with van der Waals surface area (Å²) in [6.45, 7) is 0.0598. The van der Waals surface area contributed by atoms with Crippen molar-refractivity contribution in [3.8, 4) is 5.88 Å². The average molecular weight is 142 g/mol. The molecule has 4 nitrogen and oxygen atoms in total. The first kappa shape index (κ1) is 7.08. The summed E-state index contributed by atoms with van der Waals surface area (Å²) in [6, 6.07) is 0. The number of aryl methyl sites for hydroxylation is 1. The van der Waals surface area contributed by atoms with Crippen LogP contribution < -0.4 is 0 Å². The predicted octanol–water partition coefficient (Wildman–Crippen LogP) is -0.340. The van der Waals surface area contributed by atoms with Gasteiger partial charge in [-0.25, -0.2) is 0 Å². The minimum Gasteiger partial charge on any atom is -0.492 e. The van der Waals surface area contributed by atoms with Gasteiger partial charge in [-0.1, -0.05) is 0 Å². The highest BCUT2D eigenvalue weighted by Gasteiger charge is 2.01. The number of hydrogen-bond donors (Lipinski definition) is 2. The number of aliphatic hydroxyl groups is 1. The highest BCUT2D eigenvalue weighted by atomic mass is 16.3. The zero-order valence-electron chi connectivity index (χ0n) is 5.78. The Morgan fingerprint density at radius 2 is 2.40 bits per heavy atom. The van der Waals surface area contributed by atoms with Crippen LogP contribution in [0.4, 0.5) is 0 Å². The molecule has 2 N–H and O–H groups in total. The summed E-state index contributed by atoms with van der Waals surface area (Å²) in [7, 11) is 1.78. The first-order valence-electron chi connectivity index (χ1n) is 3.06. The minimum atomic E-state index is 0.00551. The number of nitrogens with zero attached hydrogens (tertiary/aromatic N) is 2. The Morgan fingerprint density at radius 3 is 2.80 bits per heavy atom. The van der Waals surface area contributed by atoms with E-state index in [4.69, 9.17) is 10.2 Å². The average Bonchev–Trinajstić information content (AvgIpc) is 2.13. The van der Waals surface area contributed by atoms with E-state index < -0.39 is 0 Å². The molecule has 0 amide bonds. The Balaban J connectivity index is 2.81. The van der Waals surface area contributed by atoms with Gasteiger partial charge in [0.15, 0.2) is 0 Å². The van der Waals surface area contributed by atoms with E-state index in [1.54, 1.807) is 11.6 Å². The molecule has 0 saturated carbocycles. The molecule has 10 heavy (non-hydrogen) atoms. The normalized spacial score (nSPS) is 10.2. The molecule has 1 rings (SSSR count). The zero-order valence-corrected chi connectivity index (χ0v) is 5.78. The second-order valence-electron chi connectivity index (χ2n) is 2.10. The van der Waals surface area contributed by atoms with Crippen molar-refractivity contribution in [1.82, 2.24) is 9.55 Å². The maximum absolute atomic E-state index is 8.85. The Bertz CT molecular complexity index is 220. The lowest BCUT2D eigenvalue weighted by Gasteiger charge is -1.94. The van der Waals surface area contributed by atoms with Crippen LogP contribution in [-0.2, 0) is 13.5 Å². The number of aromatic nitrogens is 2. The van der Waals surface area contributed by atoms with E-state index in [-0.39, 0.29) is 12.5 Å². The Labute approximate surface area is 58.8 Å². The van der Waals surface area contributed by atoms with Crippen LogP contribution in [0, 0.1) is 0 Å². The van der Waals surface area contributed by atoms with E-state index in [1.165, 1.54) is 6.20 Å². The van der Waals surface area contributed by atoms with Crippen LogP contribution in [-0.4, -0.2) is 26.4 Å². The fourth-order valence-electron chi connectivity index (χ4n) is 0.820.